The number of aromatic carboxylic acids is 1. The second-order valence-electron chi connectivity index (χ2n) is 6.90. The fourth-order valence-corrected chi connectivity index (χ4v) is 3.68. The summed E-state index contributed by atoms with van der Waals surface area (Å²) in [6, 6.07) is 0.392. The van der Waals surface area contributed by atoms with Crippen LogP contribution in [0.15, 0.2) is 17.8 Å². The Labute approximate surface area is 173 Å². The van der Waals surface area contributed by atoms with E-state index < -0.39 is 18.1 Å². The summed E-state index contributed by atoms with van der Waals surface area (Å²) in [7, 11) is 0. The Morgan fingerprint density at radius 3 is 2.50 bits per heavy atom. The van der Waals surface area contributed by atoms with Gasteiger partial charge in [0, 0.05) is 36.9 Å². The topological polar surface area (TPSA) is 116 Å². The van der Waals surface area contributed by atoms with Crippen molar-refractivity contribution in [2.45, 2.75) is 44.6 Å². The van der Waals surface area contributed by atoms with Crippen LogP contribution in [0, 0.1) is 0 Å². The fourth-order valence-electron chi connectivity index (χ4n) is 3.02. The van der Waals surface area contributed by atoms with E-state index in [9.17, 15) is 23.1 Å². The minimum absolute atomic E-state index is 0.364. The SMILES string of the molecule is O=C(O)C(F)(F)F.O=C(O)c1c(NC2CC2)ncc2c1CCN(Cc1nccs1)C2. The highest BCUT2D eigenvalue weighted by Crippen LogP contribution is 2.31. The molecule has 0 bridgehead atoms. The number of nitrogens with zero attached hydrogens (tertiary/aromatic N) is 3. The smallest absolute Gasteiger partial charge is 0.478 e. The van der Waals surface area contributed by atoms with Gasteiger partial charge in [0.05, 0.1) is 6.54 Å². The molecule has 1 aliphatic heterocycles. The van der Waals surface area contributed by atoms with Gasteiger partial charge in [-0.05, 0) is 30.4 Å². The van der Waals surface area contributed by atoms with Gasteiger partial charge < -0.3 is 15.5 Å². The van der Waals surface area contributed by atoms with Gasteiger partial charge in [0.2, 0.25) is 0 Å². The second-order valence-corrected chi connectivity index (χ2v) is 7.88. The standard InChI is InChI=1S/C16H18N4O2S.C2HF3O2/c21-16(22)14-12-3-5-20(9-13-17-4-6-23-13)8-10(12)7-18-15(14)19-11-1-2-11;3-2(4,5)1(6)7/h4,6-7,11H,1-3,5,8-9H2,(H,18,19)(H,21,22);(H,6,7). The molecular weight excluding hydrogens is 425 g/mol. The van der Waals surface area contributed by atoms with Gasteiger partial charge in [-0.1, -0.05) is 0 Å². The van der Waals surface area contributed by atoms with E-state index in [2.05, 4.69) is 20.2 Å². The summed E-state index contributed by atoms with van der Waals surface area (Å²) >= 11 is 1.65. The highest BCUT2D eigenvalue weighted by atomic mass is 32.1. The number of aliphatic carboxylic acids is 1. The van der Waals surface area contributed by atoms with E-state index in [4.69, 9.17) is 9.90 Å². The van der Waals surface area contributed by atoms with E-state index in [1.54, 1.807) is 11.3 Å². The number of nitrogens with one attached hydrogen (secondary N) is 1. The van der Waals surface area contributed by atoms with Crippen LogP contribution in [0.2, 0.25) is 0 Å². The van der Waals surface area contributed by atoms with Crippen LogP contribution in [0.3, 0.4) is 0 Å². The zero-order chi connectivity index (χ0) is 21.9. The highest BCUT2D eigenvalue weighted by molar-refractivity contribution is 7.09. The van der Waals surface area contributed by atoms with Crippen molar-refractivity contribution in [1.82, 2.24) is 14.9 Å². The molecule has 0 saturated heterocycles. The molecule has 0 unspecified atom stereocenters. The van der Waals surface area contributed by atoms with Crippen molar-refractivity contribution in [3.63, 3.8) is 0 Å². The lowest BCUT2D eigenvalue weighted by atomic mass is 9.96. The van der Waals surface area contributed by atoms with E-state index >= 15 is 0 Å². The summed E-state index contributed by atoms with van der Waals surface area (Å²) in [6.07, 6.45) is 1.50. The van der Waals surface area contributed by atoms with Gasteiger partial charge >= 0.3 is 18.1 Å². The first-order chi connectivity index (χ1) is 14.1. The van der Waals surface area contributed by atoms with Crippen LogP contribution in [0.1, 0.15) is 39.3 Å². The van der Waals surface area contributed by atoms with Crippen LogP contribution in [0.25, 0.3) is 0 Å². The third kappa shape index (κ3) is 5.66. The number of carboxylic acids is 2. The summed E-state index contributed by atoms with van der Waals surface area (Å²) < 4.78 is 31.7. The zero-order valence-corrected chi connectivity index (χ0v) is 16.5. The molecule has 3 heterocycles. The lowest BCUT2D eigenvalue weighted by molar-refractivity contribution is -0.192. The molecule has 162 valence electrons. The van der Waals surface area contributed by atoms with Crippen molar-refractivity contribution in [1.29, 1.82) is 0 Å². The number of carboxylic acid groups (broad SMARTS) is 2. The van der Waals surface area contributed by atoms with Crippen LogP contribution < -0.4 is 5.32 Å². The number of hydrogen-bond donors (Lipinski definition) is 3. The van der Waals surface area contributed by atoms with Gasteiger partial charge in [0.1, 0.15) is 16.4 Å². The number of hydrogen-bond acceptors (Lipinski definition) is 7. The molecule has 1 fully saturated rings. The first kappa shape index (κ1) is 22.0. The zero-order valence-electron chi connectivity index (χ0n) is 15.6. The number of alkyl halides is 3. The van der Waals surface area contributed by atoms with Gasteiger partial charge in [0.25, 0.3) is 0 Å². The Hall–Kier alpha value is -2.73. The number of aromatic nitrogens is 2. The molecule has 4 rings (SSSR count). The summed E-state index contributed by atoms with van der Waals surface area (Å²) in [4.78, 5) is 31.6. The van der Waals surface area contributed by atoms with Crippen molar-refractivity contribution in [2.24, 2.45) is 0 Å². The van der Waals surface area contributed by atoms with Crippen LogP contribution >= 0.6 is 11.3 Å². The normalized spacial score (nSPS) is 16.2. The van der Waals surface area contributed by atoms with E-state index in [0.717, 1.165) is 55.0 Å². The minimum Gasteiger partial charge on any atom is -0.478 e. The monoisotopic (exact) mass is 444 g/mol. The average molecular weight is 444 g/mol. The van der Waals surface area contributed by atoms with E-state index in [0.29, 0.717) is 17.4 Å². The van der Waals surface area contributed by atoms with Gasteiger partial charge in [-0.2, -0.15) is 13.2 Å². The molecule has 8 nitrogen and oxygen atoms in total. The van der Waals surface area contributed by atoms with Crippen molar-refractivity contribution in [2.75, 3.05) is 11.9 Å². The molecule has 12 heteroatoms. The van der Waals surface area contributed by atoms with Gasteiger partial charge in [-0.3, -0.25) is 4.90 Å². The van der Waals surface area contributed by atoms with Gasteiger partial charge in [0.15, 0.2) is 0 Å². The number of rotatable bonds is 5. The largest absolute Gasteiger partial charge is 0.490 e. The predicted octanol–water partition coefficient (Wildman–Crippen LogP) is 3.00. The van der Waals surface area contributed by atoms with Gasteiger partial charge in [-0.15, -0.1) is 11.3 Å². The molecule has 0 amide bonds. The Balaban J connectivity index is 0.000000318. The molecule has 2 aromatic heterocycles. The maximum atomic E-state index is 11.7. The van der Waals surface area contributed by atoms with Crippen molar-refractivity contribution < 1.29 is 33.0 Å². The first-order valence-corrected chi connectivity index (χ1v) is 9.94. The quantitative estimate of drug-likeness (QED) is 0.645. The molecule has 30 heavy (non-hydrogen) atoms. The van der Waals surface area contributed by atoms with E-state index in [1.807, 2.05) is 17.8 Å². The molecule has 0 aromatic carbocycles. The van der Waals surface area contributed by atoms with Crippen molar-refractivity contribution >= 4 is 29.1 Å². The lowest BCUT2D eigenvalue weighted by Crippen LogP contribution is -2.31. The summed E-state index contributed by atoms with van der Waals surface area (Å²) in [6.45, 7) is 2.38. The number of fused-ring (bicyclic) bond motifs is 1. The minimum atomic E-state index is -5.08. The highest BCUT2D eigenvalue weighted by Gasteiger charge is 2.38. The summed E-state index contributed by atoms with van der Waals surface area (Å²) in [5.41, 5.74) is 2.32. The van der Waals surface area contributed by atoms with Gasteiger partial charge in [-0.25, -0.2) is 19.6 Å². The molecule has 0 spiro atoms. The molecule has 2 aromatic rings. The van der Waals surface area contributed by atoms with Crippen molar-refractivity contribution in [3.05, 3.63) is 39.5 Å². The number of halogens is 3. The summed E-state index contributed by atoms with van der Waals surface area (Å²) in [5.74, 6) is -3.11. The average Bonchev–Trinajstić information content (AvgIpc) is 3.33. The maximum Gasteiger partial charge on any atom is 0.490 e. The number of carbonyl (C=O) groups is 2. The summed E-state index contributed by atoms with van der Waals surface area (Å²) in [5, 5.41) is 23.1. The molecule has 3 N–H and O–H groups in total. The van der Waals surface area contributed by atoms with Crippen LogP contribution in [-0.2, 0) is 24.3 Å². The molecule has 1 saturated carbocycles. The molecule has 0 radical (unpaired) electrons. The predicted molar refractivity (Wildman–Crippen MR) is 101 cm³/mol. The Morgan fingerprint density at radius 1 is 1.27 bits per heavy atom. The maximum absolute atomic E-state index is 11.7. The number of thiazole rings is 1. The Bertz CT molecular complexity index is 917. The Kier molecular flexibility index (Phi) is 6.56. The first-order valence-electron chi connectivity index (χ1n) is 9.06. The van der Waals surface area contributed by atoms with E-state index in [1.165, 1.54) is 0 Å². The van der Waals surface area contributed by atoms with E-state index in [-0.39, 0.29) is 0 Å². The lowest BCUT2D eigenvalue weighted by Gasteiger charge is -2.29. The molecule has 1 aliphatic carbocycles. The molecule has 2 aliphatic rings. The second kappa shape index (κ2) is 8.96. The third-order valence-corrected chi connectivity index (χ3v) is 5.33. The Morgan fingerprint density at radius 2 is 1.97 bits per heavy atom. The fraction of sp³-hybridized carbons (Fsp3) is 0.444. The number of pyridine rings is 1. The van der Waals surface area contributed by atoms with Crippen molar-refractivity contribution in [3.8, 4) is 0 Å². The number of anilines is 1. The third-order valence-electron chi connectivity index (χ3n) is 4.56. The molecular formula is C18H19F3N4O4S. The molecule has 0 atom stereocenters. The van der Waals surface area contributed by atoms with Crippen LogP contribution in [0.5, 0.6) is 0 Å². The van der Waals surface area contributed by atoms with Crippen LogP contribution in [0.4, 0.5) is 19.0 Å². The van der Waals surface area contributed by atoms with Crippen LogP contribution in [-0.4, -0.2) is 55.8 Å².